The number of hydrogen-bond donors (Lipinski definition) is 1. The van der Waals surface area contributed by atoms with E-state index in [1.807, 2.05) is 32.9 Å². The largest absolute Gasteiger partial charge is 0.313 e. The van der Waals surface area contributed by atoms with E-state index in [2.05, 4.69) is 5.32 Å². The first kappa shape index (κ1) is 15.5. The van der Waals surface area contributed by atoms with Gasteiger partial charge in [0.25, 0.3) is 0 Å². The Balaban J connectivity index is 2.39. The molecule has 0 aromatic heterocycles. The molecule has 112 valence electrons. The van der Waals surface area contributed by atoms with Gasteiger partial charge in [-0.3, -0.25) is 0 Å². The van der Waals surface area contributed by atoms with Crippen LogP contribution in [0.4, 0.5) is 0 Å². The molecule has 1 aromatic carbocycles. The van der Waals surface area contributed by atoms with Crippen molar-refractivity contribution in [1.29, 1.82) is 0 Å². The lowest BCUT2D eigenvalue weighted by Gasteiger charge is -2.19. The van der Waals surface area contributed by atoms with Crippen molar-refractivity contribution in [3.8, 4) is 0 Å². The molecule has 1 aliphatic rings. The highest BCUT2D eigenvalue weighted by Crippen LogP contribution is 2.32. The van der Waals surface area contributed by atoms with Gasteiger partial charge in [0.05, 0.1) is 4.90 Å². The maximum absolute atomic E-state index is 12.7. The van der Waals surface area contributed by atoms with Gasteiger partial charge in [-0.15, -0.1) is 0 Å². The Morgan fingerprint density at radius 1 is 1.25 bits per heavy atom. The highest BCUT2D eigenvalue weighted by Gasteiger charge is 2.35. The zero-order valence-corrected chi connectivity index (χ0v) is 13.5. The molecular formula is C15H24N2O2S. The highest BCUT2D eigenvalue weighted by atomic mass is 32.2. The van der Waals surface area contributed by atoms with Crippen molar-refractivity contribution in [3.63, 3.8) is 0 Å². The molecule has 1 aromatic rings. The summed E-state index contributed by atoms with van der Waals surface area (Å²) in [6, 6.07) is 4.00. The monoisotopic (exact) mass is 296 g/mol. The molecule has 1 N–H and O–H groups in total. The number of rotatable bonds is 6. The molecule has 0 amide bonds. The molecule has 5 heteroatoms. The van der Waals surface area contributed by atoms with Gasteiger partial charge in [-0.25, -0.2) is 8.42 Å². The van der Waals surface area contributed by atoms with Crippen LogP contribution in [0.1, 0.15) is 36.5 Å². The van der Waals surface area contributed by atoms with E-state index < -0.39 is 10.0 Å². The van der Waals surface area contributed by atoms with Crippen LogP contribution in [0.15, 0.2) is 17.0 Å². The smallest absolute Gasteiger partial charge is 0.243 e. The minimum Gasteiger partial charge on any atom is -0.313 e. The first-order valence-corrected chi connectivity index (χ1v) is 8.60. The van der Waals surface area contributed by atoms with Gasteiger partial charge in [0, 0.05) is 19.6 Å². The summed E-state index contributed by atoms with van der Waals surface area (Å²) in [5.74, 6) is 0. The minimum atomic E-state index is -3.37. The SMILES string of the molecule is CCNCc1cc(S(=O)(=O)N(C)C2CC2)c(C)cc1C. The van der Waals surface area contributed by atoms with Crippen LogP contribution in [0.25, 0.3) is 0 Å². The molecule has 20 heavy (non-hydrogen) atoms. The van der Waals surface area contributed by atoms with Crippen molar-refractivity contribution in [2.24, 2.45) is 0 Å². The summed E-state index contributed by atoms with van der Waals surface area (Å²) in [5.41, 5.74) is 3.02. The zero-order chi connectivity index (χ0) is 14.9. The zero-order valence-electron chi connectivity index (χ0n) is 12.7. The Hall–Kier alpha value is -0.910. The molecule has 1 fully saturated rings. The lowest BCUT2D eigenvalue weighted by Crippen LogP contribution is -2.29. The average Bonchev–Trinajstić information content (AvgIpc) is 3.20. The molecule has 0 aliphatic heterocycles. The third kappa shape index (κ3) is 3.05. The van der Waals surface area contributed by atoms with Crippen molar-refractivity contribution in [2.45, 2.75) is 51.1 Å². The number of nitrogens with zero attached hydrogens (tertiary/aromatic N) is 1. The quantitative estimate of drug-likeness (QED) is 0.875. The van der Waals surface area contributed by atoms with E-state index in [1.54, 1.807) is 7.05 Å². The molecule has 1 saturated carbocycles. The van der Waals surface area contributed by atoms with Gasteiger partial charge in [0.15, 0.2) is 0 Å². The molecule has 1 aliphatic carbocycles. The average molecular weight is 296 g/mol. The van der Waals surface area contributed by atoms with Crippen molar-refractivity contribution >= 4 is 10.0 Å². The third-order valence-corrected chi connectivity index (χ3v) is 5.97. The van der Waals surface area contributed by atoms with E-state index in [1.165, 1.54) is 4.31 Å². The first-order valence-electron chi connectivity index (χ1n) is 7.16. The Kier molecular flexibility index (Phi) is 4.52. The van der Waals surface area contributed by atoms with E-state index in [4.69, 9.17) is 0 Å². The molecular weight excluding hydrogens is 272 g/mol. The Morgan fingerprint density at radius 3 is 2.45 bits per heavy atom. The third-order valence-electron chi connectivity index (χ3n) is 3.92. The number of hydrogen-bond acceptors (Lipinski definition) is 3. The van der Waals surface area contributed by atoms with Crippen LogP contribution in [0.5, 0.6) is 0 Å². The number of sulfonamides is 1. The lowest BCUT2D eigenvalue weighted by molar-refractivity contribution is 0.463. The molecule has 0 spiro atoms. The predicted molar refractivity (Wildman–Crippen MR) is 81.3 cm³/mol. The Labute approximate surface area is 122 Å². The number of nitrogens with one attached hydrogen (secondary N) is 1. The molecule has 4 nitrogen and oxygen atoms in total. The standard InChI is InChI=1S/C15H24N2O2S/c1-5-16-10-13-9-15(12(3)8-11(13)2)20(18,19)17(4)14-6-7-14/h8-9,14,16H,5-7,10H2,1-4H3. The van der Waals surface area contributed by atoms with Crippen molar-refractivity contribution in [2.75, 3.05) is 13.6 Å². The van der Waals surface area contributed by atoms with Crippen LogP contribution in [0.3, 0.4) is 0 Å². The van der Waals surface area contributed by atoms with Gasteiger partial charge in [-0.2, -0.15) is 4.31 Å². The summed E-state index contributed by atoms with van der Waals surface area (Å²) in [6.07, 6.45) is 1.95. The van der Waals surface area contributed by atoms with Gasteiger partial charge in [-0.05, 0) is 56.0 Å². The molecule has 0 unspecified atom stereocenters. The molecule has 0 bridgehead atoms. The summed E-state index contributed by atoms with van der Waals surface area (Å²) >= 11 is 0. The normalized spacial score (nSPS) is 15.8. The first-order chi connectivity index (χ1) is 9.37. The van der Waals surface area contributed by atoms with Crippen molar-refractivity contribution < 1.29 is 8.42 Å². The highest BCUT2D eigenvalue weighted by molar-refractivity contribution is 7.89. The van der Waals surface area contributed by atoms with E-state index in [9.17, 15) is 8.42 Å². The minimum absolute atomic E-state index is 0.193. The van der Waals surface area contributed by atoms with Crippen LogP contribution in [-0.2, 0) is 16.6 Å². The van der Waals surface area contributed by atoms with Gasteiger partial charge in [-0.1, -0.05) is 13.0 Å². The van der Waals surface area contributed by atoms with Crippen LogP contribution in [0.2, 0.25) is 0 Å². The fourth-order valence-corrected chi connectivity index (χ4v) is 4.06. The van der Waals surface area contributed by atoms with Gasteiger partial charge in [0.2, 0.25) is 10.0 Å². The second-order valence-electron chi connectivity index (χ2n) is 5.58. The fraction of sp³-hybridized carbons (Fsp3) is 0.600. The predicted octanol–water partition coefficient (Wildman–Crippen LogP) is 2.20. The van der Waals surface area contributed by atoms with Crippen LogP contribution < -0.4 is 5.32 Å². The summed E-state index contributed by atoms with van der Waals surface area (Å²) < 4.78 is 26.9. The van der Waals surface area contributed by atoms with E-state index >= 15 is 0 Å². The molecule has 0 radical (unpaired) electrons. The van der Waals surface area contributed by atoms with Crippen molar-refractivity contribution in [1.82, 2.24) is 9.62 Å². The topological polar surface area (TPSA) is 49.4 Å². The second-order valence-corrected chi connectivity index (χ2v) is 7.54. The summed E-state index contributed by atoms with van der Waals surface area (Å²) in [7, 11) is -1.67. The van der Waals surface area contributed by atoms with Gasteiger partial charge < -0.3 is 5.32 Å². The molecule has 2 rings (SSSR count). The van der Waals surface area contributed by atoms with Crippen LogP contribution in [0, 0.1) is 13.8 Å². The molecule has 0 atom stereocenters. The Bertz CT molecular complexity index is 592. The number of benzene rings is 1. The molecule has 0 saturated heterocycles. The Morgan fingerprint density at radius 2 is 1.90 bits per heavy atom. The maximum atomic E-state index is 12.7. The second kappa shape index (κ2) is 5.84. The van der Waals surface area contributed by atoms with Crippen LogP contribution in [-0.4, -0.2) is 32.4 Å². The van der Waals surface area contributed by atoms with E-state index in [0.717, 1.165) is 36.1 Å². The fourth-order valence-electron chi connectivity index (χ4n) is 2.39. The van der Waals surface area contributed by atoms with Gasteiger partial charge in [0.1, 0.15) is 0 Å². The van der Waals surface area contributed by atoms with E-state index in [-0.39, 0.29) is 6.04 Å². The summed E-state index contributed by atoms with van der Waals surface area (Å²) in [4.78, 5) is 0.449. The summed E-state index contributed by atoms with van der Waals surface area (Å²) in [6.45, 7) is 7.52. The maximum Gasteiger partial charge on any atom is 0.243 e. The lowest BCUT2D eigenvalue weighted by atomic mass is 10.1. The molecule has 0 heterocycles. The van der Waals surface area contributed by atoms with Crippen LogP contribution >= 0.6 is 0 Å². The van der Waals surface area contributed by atoms with Crippen molar-refractivity contribution in [3.05, 3.63) is 28.8 Å². The number of aryl methyl sites for hydroxylation is 2. The van der Waals surface area contributed by atoms with Gasteiger partial charge >= 0.3 is 0 Å². The summed E-state index contributed by atoms with van der Waals surface area (Å²) in [5, 5.41) is 3.26. The van der Waals surface area contributed by atoms with E-state index in [0.29, 0.717) is 11.4 Å².